The van der Waals surface area contributed by atoms with Gasteiger partial charge in [0.15, 0.2) is 0 Å². The number of pyridine rings is 1. The second-order valence-electron chi connectivity index (χ2n) is 7.20. The van der Waals surface area contributed by atoms with Crippen molar-refractivity contribution >= 4 is 5.91 Å². The van der Waals surface area contributed by atoms with Gasteiger partial charge in [0.1, 0.15) is 6.61 Å². The van der Waals surface area contributed by atoms with Crippen LogP contribution in [0.25, 0.3) is 0 Å². The Balaban J connectivity index is 1.56. The number of piperidine rings is 1. The van der Waals surface area contributed by atoms with Gasteiger partial charge in [0.05, 0.1) is 11.7 Å². The average Bonchev–Trinajstić information content (AvgIpc) is 2.63. The van der Waals surface area contributed by atoms with E-state index in [-0.39, 0.29) is 11.9 Å². The van der Waals surface area contributed by atoms with Crippen molar-refractivity contribution in [3.05, 3.63) is 23.4 Å². The first kappa shape index (κ1) is 18.2. The second-order valence-corrected chi connectivity index (χ2v) is 7.20. The van der Waals surface area contributed by atoms with Crippen LogP contribution >= 0.6 is 0 Å². The van der Waals surface area contributed by atoms with Crippen molar-refractivity contribution < 1.29 is 9.53 Å². The van der Waals surface area contributed by atoms with Crippen LogP contribution in [-0.2, 0) is 11.2 Å². The molecule has 1 unspecified atom stereocenters. The molecule has 0 saturated carbocycles. The zero-order valence-corrected chi connectivity index (χ0v) is 15.7. The summed E-state index contributed by atoms with van der Waals surface area (Å²) in [5, 5.41) is 0. The van der Waals surface area contributed by atoms with Crippen molar-refractivity contribution in [3.8, 4) is 5.88 Å². The lowest BCUT2D eigenvalue weighted by atomic mass is 9.97. The highest BCUT2D eigenvalue weighted by Crippen LogP contribution is 2.30. The Morgan fingerprint density at radius 1 is 1.24 bits per heavy atom. The molecule has 1 aromatic rings. The molecule has 1 amide bonds. The fourth-order valence-corrected chi connectivity index (χ4v) is 3.90. The third-order valence-electron chi connectivity index (χ3n) is 5.38. The van der Waals surface area contributed by atoms with Gasteiger partial charge >= 0.3 is 0 Å². The largest absolute Gasteiger partial charge is 0.476 e. The number of hydrogen-bond donors (Lipinski definition) is 0. The van der Waals surface area contributed by atoms with E-state index in [2.05, 4.69) is 24.8 Å². The third-order valence-corrected chi connectivity index (χ3v) is 5.38. The van der Waals surface area contributed by atoms with Gasteiger partial charge in [-0.05, 0) is 50.9 Å². The first-order valence-electron chi connectivity index (χ1n) is 9.83. The monoisotopic (exact) mass is 345 g/mol. The van der Waals surface area contributed by atoms with Crippen LogP contribution in [0.5, 0.6) is 5.88 Å². The Labute approximate surface area is 151 Å². The van der Waals surface area contributed by atoms with E-state index in [1.807, 2.05) is 11.0 Å². The Hall–Kier alpha value is -1.62. The standard InChI is InChI=1S/C20H31N3O2/c1-3-7-20(24)23-13-10-18-17(16(23)2)8-9-19(21-18)25-15-14-22-11-5-4-6-12-22/h8-9,16H,3-7,10-15H2,1-2H3. The van der Waals surface area contributed by atoms with Crippen LogP contribution in [0.2, 0.25) is 0 Å². The molecule has 0 aromatic carbocycles. The summed E-state index contributed by atoms with van der Waals surface area (Å²) in [4.78, 5) is 21.4. The molecule has 3 heterocycles. The summed E-state index contributed by atoms with van der Waals surface area (Å²) in [7, 11) is 0. The normalized spacial score (nSPS) is 21.0. The van der Waals surface area contributed by atoms with Crippen molar-refractivity contribution in [2.75, 3.05) is 32.8 Å². The fourth-order valence-electron chi connectivity index (χ4n) is 3.90. The van der Waals surface area contributed by atoms with Crippen LogP contribution in [-0.4, -0.2) is 53.5 Å². The molecule has 0 bridgehead atoms. The highest BCUT2D eigenvalue weighted by atomic mass is 16.5. The van der Waals surface area contributed by atoms with Gasteiger partial charge in [-0.25, -0.2) is 4.98 Å². The minimum atomic E-state index is 0.109. The Morgan fingerprint density at radius 3 is 2.80 bits per heavy atom. The highest BCUT2D eigenvalue weighted by Gasteiger charge is 2.28. The first-order chi connectivity index (χ1) is 12.2. The number of rotatable bonds is 6. The molecule has 0 N–H and O–H groups in total. The van der Waals surface area contributed by atoms with Crippen molar-refractivity contribution in [3.63, 3.8) is 0 Å². The molecular formula is C20H31N3O2. The smallest absolute Gasteiger partial charge is 0.223 e. The Kier molecular flexibility index (Phi) is 6.29. The van der Waals surface area contributed by atoms with Gasteiger partial charge in [-0.2, -0.15) is 0 Å². The molecule has 0 aliphatic carbocycles. The zero-order chi connectivity index (χ0) is 17.6. The fraction of sp³-hybridized carbons (Fsp3) is 0.700. The summed E-state index contributed by atoms with van der Waals surface area (Å²) in [5.74, 6) is 0.971. The Bertz CT molecular complexity index is 584. The van der Waals surface area contributed by atoms with Crippen LogP contribution in [0.3, 0.4) is 0 Å². The molecule has 2 aliphatic rings. The molecule has 138 valence electrons. The SMILES string of the molecule is CCCC(=O)N1CCc2nc(OCCN3CCCCC3)ccc2C1C. The number of fused-ring (bicyclic) bond motifs is 1. The van der Waals surface area contributed by atoms with E-state index in [1.165, 1.54) is 37.9 Å². The van der Waals surface area contributed by atoms with E-state index in [0.29, 0.717) is 13.0 Å². The maximum atomic E-state index is 12.3. The van der Waals surface area contributed by atoms with Gasteiger partial charge in [-0.15, -0.1) is 0 Å². The maximum Gasteiger partial charge on any atom is 0.223 e. The van der Waals surface area contributed by atoms with E-state index in [0.717, 1.165) is 37.5 Å². The van der Waals surface area contributed by atoms with Crippen LogP contribution in [0.4, 0.5) is 0 Å². The summed E-state index contributed by atoms with van der Waals surface area (Å²) in [6.45, 7) is 8.98. The van der Waals surface area contributed by atoms with Crippen LogP contribution in [0.15, 0.2) is 12.1 Å². The number of nitrogens with zero attached hydrogens (tertiary/aromatic N) is 3. The summed E-state index contributed by atoms with van der Waals surface area (Å²) < 4.78 is 5.89. The molecule has 25 heavy (non-hydrogen) atoms. The number of ether oxygens (including phenoxy) is 1. The van der Waals surface area contributed by atoms with Crippen molar-refractivity contribution in [1.82, 2.24) is 14.8 Å². The lowest BCUT2D eigenvalue weighted by molar-refractivity contribution is -0.133. The number of likely N-dealkylation sites (tertiary alicyclic amines) is 1. The number of aromatic nitrogens is 1. The van der Waals surface area contributed by atoms with Crippen LogP contribution < -0.4 is 4.74 Å². The predicted octanol–water partition coefficient (Wildman–Crippen LogP) is 3.19. The van der Waals surface area contributed by atoms with E-state index in [1.54, 1.807) is 0 Å². The van der Waals surface area contributed by atoms with Gasteiger partial charge in [-0.1, -0.05) is 13.3 Å². The molecule has 1 saturated heterocycles. The molecule has 0 radical (unpaired) electrons. The molecule has 1 fully saturated rings. The first-order valence-corrected chi connectivity index (χ1v) is 9.83. The Morgan fingerprint density at radius 2 is 2.04 bits per heavy atom. The van der Waals surface area contributed by atoms with Crippen molar-refractivity contribution in [2.24, 2.45) is 0 Å². The number of carbonyl (C=O) groups is 1. The minimum Gasteiger partial charge on any atom is -0.476 e. The van der Waals surface area contributed by atoms with Gasteiger partial charge < -0.3 is 9.64 Å². The lowest BCUT2D eigenvalue weighted by Crippen LogP contribution is -2.39. The number of carbonyl (C=O) groups excluding carboxylic acids is 1. The summed E-state index contributed by atoms with van der Waals surface area (Å²) >= 11 is 0. The molecule has 5 heteroatoms. The maximum absolute atomic E-state index is 12.3. The number of hydrogen-bond acceptors (Lipinski definition) is 4. The molecule has 3 rings (SSSR count). The average molecular weight is 345 g/mol. The van der Waals surface area contributed by atoms with Crippen LogP contribution in [0, 0.1) is 0 Å². The topological polar surface area (TPSA) is 45.7 Å². The molecule has 5 nitrogen and oxygen atoms in total. The molecule has 0 spiro atoms. The molecule has 1 aromatic heterocycles. The van der Waals surface area contributed by atoms with E-state index < -0.39 is 0 Å². The van der Waals surface area contributed by atoms with E-state index in [4.69, 9.17) is 9.72 Å². The quantitative estimate of drug-likeness (QED) is 0.794. The van der Waals surface area contributed by atoms with Gasteiger partial charge in [-0.3, -0.25) is 9.69 Å². The van der Waals surface area contributed by atoms with Crippen LogP contribution in [0.1, 0.15) is 63.3 Å². The highest BCUT2D eigenvalue weighted by molar-refractivity contribution is 5.77. The van der Waals surface area contributed by atoms with Crippen molar-refractivity contribution in [2.45, 2.75) is 58.4 Å². The zero-order valence-electron chi connectivity index (χ0n) is 15.7. The van der Waals surface area contributed by atoms with E-state index >= 15 is 0 Å². The van der Waals surface area contributed by atoms with Gasteiger partial charge in [0.25, 0.3) is 0 Å². The van der Waals surface area contributed by atoms with Gasteiger partial charge in [0.2, 0.25) is 11.8 Å². The molecule has 1 atom stereocenters. The number of amides is 1. The molecule has 2 aliphatic heterocycles. The predicted molar refractivity (Wildman–Crippen MR) is 98.8 cm³/mol. The minimum absolute atomic E-state index is 0.109. The lowest BCUT2D eigenvalue weighted by Gasteiger charge is -2.35. The summed E-state index contributed by atoms with van der Waals surface area (Å²) in [6.07, 6.45) is 6.32. The molecular weight excluding hydrogens is 314 g/mol. The van der Waals surface area contributed by atoms with E-state index in [9.17, 15) is 4.79 Å². The van der Waals surface area contributed by atoms with Gasteiger partial charge in [0, 0.05) is 32.0 Å². The summed E-state index contributed by atoms with van der Waals surface area (Å²) in [5.41, 5.74) is 2.25. The summed E-state index contributed by atoms with van der Waals surface area (Å²) in [6, 6.07) is 4.16. The third kappa shape index (κ3) is 4.51. The second kappa shape index (κ2) is 8.65. The van der Waals surface area contributed by atoms with Crippen molar-refractivity contribution in [1.29, 1.82) is 0 Å².